The highest BCUT2D eigenvalue weighted by molar-refractivity contribution is 8.03. The van der Waals surface area contributed by atoms with E-state index in [1.165, 1.54) is 4.91 Å². The first-order valence-electron chi connectivity index (χ1n) is 4.87. The Morgan fingerprint density at radius 1 is 1.57 bits per heavy atom. The molecule has 0 spiro atoms. The fourth-order valence-electron chi connectivity index (χ4n) is 1.57. The molecule has 2 rings (SSSR count). The van der Waals surface area contributed by atoms with E-state index in [-0.39, 0.29) is 0 Å². The minimum atomic E-state index is 0.480. The first-order valence-corrected chi connectivity index (χ1v) is 5.75. The Bertz CT molecular complexity index is 360. The van der Waals surface area contributed by atoms with Crippen molar-refractivity contribution in [2.45, 2.75) is 25.0 Å². The van der Waals surface area contributed by atoms with Crippen molar-refractivity contribution >= 4 is 17.6 Å². The number of hydrogen-bond donors (Lipinski definition) is 1. The second kappa shape index (κ2) is 4.05. The molecule has 1 aliphatic heterocycles. The molecule has 0 radical (unpaired) electrons. The maximum absolute atomic E-state index is 5.66. The van der Waals surface area contributed by atoms with Gasteiger partial charge >= 0.3 is 0 Å². The molecule has 0 bridgehead atoms. The van der Waals surface area contributed by atoms with E-state index < -0.39 is 0 Å². The Kier molecular flexibility index (Phi) is 2.77. The lowest BCUT2D eigenvalue weighted by Gasteiger charge is -2.09. The zero-order valence-electron chi connectivity index (χ0n) is 8.23. The molecule has 1 unspecified atom stereocenters. The molecule has 0 amide bonds. The normalized spacial score (nSPS) is 20.9. The molecular formula is C11H14N2S. The summed E-state index contributed by atoms with van der Waals surface area (Å²) in [5, 5.41) is 0.480. The second-order valence-corrected chi connectivity index (χ2v) is 4.68. The zero-order chi connectivity index (χ0) is 9.97. The van der Waals surface area contributed by atoms with Gasteiger partial charge < -0.3 is 5.73 Å². The van der Waals surface area contributed by atoms with Crippen LogP contribution in [0.5, 0.6) is 0 Å². The second-order valence-electron chi connectivity index (χ2n) is 3.35. The number of aromatic nitrogens is 1. The number of thioether (sulfide) groups is 1. The summed E-state index contributed by atoms with van der Waals surface area (Å²) in [5.41, 5.74) is 6.76. The van der Waals surface area contributed by atoms with Crippen molar-refractivity contribution in [3.05, 3.63) is 34.9 Å². The molecule has 0 saturated carbocycles. The molecule has 1 aliphatic rings. The number of nitrogens with zero attached hydrogens (tertiary/aromatic N) is 1. The molecular weight excluding hydrogens is 192 g/mol. The summed E-state index contributed by atoms with van der Waals surface area (Å²) in [6, 6.07) is 5.86. The Balaban J connectivity index is 2.12. The summed E-state index contributed by atoms with van der Waals surface area (Å²) in [4.78, 5) is 5.82. The van der Waals surface area contributed by atoms with Crippen LogP contribution in [-0.2, 0) is 0 Å². The van der Waals surface area contributed by atoms with Crippen LogP contribution in [0.4, 0.5) is 5.82 Å². The average Bonchev–Trinajstić information content (AvgIpc) is 2.66. The minimum absolute atomic E-state index is 0.480. The quantitative estimate of drug-likeness (QED) is 0.808. The lowest BCUT2D eigenvalue weighted by Crippen LogP contribution is -1.97. The molecule has 0 fully saturated rings. The summed E-state index contributed by atoms with van der Waals surface area (Å²) < 4.78 is 0. The minimum Gasteiger partial charge on any atom is -0.384 e. The number of anilines is 1. The first-order chi connectivity index (χ1) is 6.79. The van der Waals surface area contributed by atoms with Crippen LogP contribution in [0.15, 0.2) is 29.2 Å². The number of rotatable bonds is 2. The van der Waals surface area contributed by atoms with E-state index in [1.807, 2.05) is 23.9 Å². The van der Waals surface area contributed by atoms with Crippen LogP contribution < -0.4 is 5.73 Å². The van der Waals surface area contributed by atoms with Crippen LogP contribution >= 0.6 is 11.8 Å². The third-order valence-corrected chi connectivity index (χ3v) is 3.80. The molecule has 0 aromatic carbocycles. The lowest BCUT2D eigenvalue weighted by molar-refractivity contribution is 0.935. The number of hydrogen-bond acceptors (Lipinski definition) is 3. The van der Waals surface area contributed by atoms with Crippen molar-refractivity contribution < 1.29 is 0 Å². The van der Waals surface area contributed by atoms with Crippen molar-refractivity contribution in [1.29, 1.82) is 0 Å². The van der Waals surface area contributed by atoms with Gasteiger partial charge in [0.1, 0.15) is 5.82 Å². The third-order valence-electron chi connectivity index (χ3n) is 2.32. The molecule has 74 valence electrons. The lowest BCUT2D eigenvalue weighted by atomic mass is 10.2. The molecule has 2 N–H and O–H groups in total. The standard InChI is InChI=1S/C11H14N2S/c1-2-8-6-7-10(14-8)9-4-3-5-11(12)13-9/h3-6,10H,2,7H2,1H3,(H2,12,13). The Labute approximate surface area is 88.6 Å². The predicted molar refractivity (Wildman–Crippen MR) is 62.0 cm³/mol. The van der Waals surface area contributed by atoms with E-state index in [9.17, 15) is 0 Å². The van der Waals surface area contributed by atoms with Crippen molar-refractivity contribution in [3.8, 4) is 0 Å². The van der Waals surface area contributed by atoms with Crippen LogP contribution in [0.2, 0.25) is 0 Å². The smallest absolute Gasteiger partial charge is 0.123 e. The zero-order valence-corrected chi connectivity index (χ0v) is 9.05. The molecule has 0 aliphatic carbocycles. The molecule has 1 aromatic heterocycles. The third kappa shape index (κ3) is 1.93. The molecule has 0 saturated heterocycles. The number of allylic oxidation sites excluding steroid dienone is 2. The van der Waals surface area contributed by atoms with Gasteiger partial charge in [-0.3, -0.25) is 0 Å². The fraction of sp³-hybridized carbons (Fsp3) is 0.364. The van der Waals surface area contributed by atoms with Gasteiger partial charge in [0.05, 0.1) is 10.9 Å². The molecule has 1 aromatic rings. The van der Waals surface area contributed by atoms with E-state index in [2.05, 4.69) is 24.1 Å². The Morgan fingerprint density at radius 2 is 2.43 bits per heavy atom. The van der Waals surface area contributed by atoms with Gasteiger partial charge in [0.25, 0.3) is 0 Å². The fourth-order valence-corrected chi connectivity index (χ4v) is 2.74. The summed E-state index contributed by atoms with van der Waals surface area (Å²) in [5.74, 6) is 0.619. The van der Waals surface area contributed by atoms with E-state index in [0.29, 0.717) is 11.1 Å². The van der Waals surface area contributed by atoms with Gasteiger partial charge in [-0.2, -0.15) is 0 Å². The maximum atomic E-state index is 5.66. The van der Waals surface area contributed by atoms with Gasteiger partial charge in [0.15, 0.2) is 0 Å². The largest absolute Gasteiger partial charge is 0.384 e. The van der Waals surface area contributed by atoms with E-state index in [1.54, 1.807) is 0 Å². The van der Waals surface area contributed by atoms with Crippen molar-refractivity contribution in [2.75, 3.05) is 5.73 Å². The number of pyridine rings is 1. The van der Waals surface area contributed by atoms with E-state index in [0.717, 1.165) is 18.5 Å². The van der Waals surface area contributed by atoms with Crippen LogP contribution in [0.25, 0.3) is 0 Å². The van der Waals surface area contributed by atoms with E-state index in [4.69, 9.17) is 5.73 Å². The SMILES string of the molecule is CCC1=CCC(c2cccc(N)n2)S1. The van der Waals surface area contributed by atoms with Crippen molar-refractivity contribution in [2.24, 2.45) is 0 Å². The van der Waals surface area contributed by atoms with Crippen LogP contribution in [-0.4, -0.2) is 4.98 Å². The van der Waals surface area contributed by atoms with Crippen LogP contribution in [0, 0.1) is 0 Å². The molecule has 3 heteroatoms. The van der Waals surface area contributed by atoms with Crippen LogP contribution in [0.3, 0.4) is 0 Å². The highest BCUT2D eigenvalue weighted by Crippen LogP contribution is 2.44. The van der Waals surface area contributed by atoms with Crippen LogP contribution in [0.1, 0.15) is 30.7 Å². The van der Waals surface area contributed by atoms with Gasteiger partial charge in [-0.15, -0.1) is 11.8 Å². The summed E-state index contributed by atoms with van der Waals surface area (Å²) in [6.45, 7) is 2.19. The number of nitrogen functional groups attached to an aromatic ring is 1. The van der Waals surface area contributed by atoms with Gasteiger partial charge in [0.2, 0.25) is 0 Å². The van der Waals surface area contributed by atoms with Crippen molar-refractivity contribution in [1.82, 2.24) is 4.98 Å². The predicted octanol–water partition coefficient (Wildman–Crippen LogP) is 3.14. The highest BCUT2D eigenvalue weighted by atomic mass is 32.2. The Morgan fingerprint density at radius 3 is 3.07 bits per heavy atom. The van der Waals surface area contributed by atoms with Gasteiger partial charge in [-0.25, -0.2) is 4.98 Å². The molecule has 2 heterocycles. The number of nitrogens with two attached hydrogens (primary N) is 1. The summed E-state index contributed by atoms with van der Waals surface area (Å²) in [6.07, 6.45) is 4.52. The average molecular weight is 206 g/mol. The summed E-state index contributed by atoms with van der Waals surface area (Å²) >= 11 is 1.92. The van der Waals surface area contributed by atoms with Gasteiger partial charge in [0, 0.05) is 0 Å². The van der Waals surface area contributed by atoms with E-state index >= 15 is 0 Å². The molecule has 14 heavy (non-hydrogen) atoms. The van der Waals surface area contributed by atoms with Gasteiger partial charge in [-0.05, 0) is 29.9 Å². The first kappa shape index (κ1) is 9.59. The highest BCUT2D eigenvalue weighted by Gasteiger charge is 2.19. The molecule has 1 atom stereocenters. The summed E-state index contributed by atoms with van der Waals surface area (Å²) in [7, 11) is 0. The van der Waals surface area contributed by atoms with Crippen molar-refractivity contribution in [3.63, 3.8) is 0 Å². The molecule has 2 nitrogen and oxygen atoms in total. The topological polar surface area (TPSA) is 38.9 Å². The van der Waals surface area contributed by atoms with Gasteiger partial charge in [-0.1, -0.05) is 19.1 Å². The Hall–Kier alpha value is -0.960. The monoisotopic (exact) mass is 206 g/mol. The maximum Gasteiger partial charge on any atom is 0.123 e.